The first-order valence-corrected chi connectivity index (χ1v) is 7.88. The first kappa shape index (κ1) is 13.6. The van der Waals surface area contributed by atoms with Crippen molar-refractivity contribution in [1.82, 2.24) is 9.29 Å². The third-order valence-electron chi connectivity index (χ3n) is 3.80. The molecular weight excluding hydrogens is 250 g/mol. The quantitative estimate of drug-likeness (QED) is 0.862. The van der Waals surface area contributed by atoms with Crippen molar-refractivity contribution in [2.45, 2.75) is 37.1 Å². The molecular formula is C12H21N3O2S. The van der Waals surface area contributed by atoms with E-state index in [1.54, 1.807) is 16.6 Å². The van der Waals surface area contributed by atoms with Crippen LogP contribution in [-0.2, 0) is 10.0 Å². The first-order valence-electron chi connectivity index (χ1n) is 6.44. The predicted octanol–water partition coefficient (Wildman–Crippen LogP) is 1.15. The number of nitrogens with two attached hydrogens (primary N) is 1. The van der Waals surface area contributed by atoms with E-state index in [4.69, 9.17) is 5.73 Å². The second-order valence-corrected chi connectivity index (χ2v) is 6.74. The average Bonchev–Trinajstić information content (AvgIpc) is 2.92. The van der Waals surface area contributed by atoms with Gasteiger partial charge in [0.15, 0.2) is 0 Å². The summed E-state index contributed by atoms with van der Waals surface area (Å²) in [6.45, 7) is 3.11. The van der Waals surface area contributed by atoms with Gasteiger partial charge in [0.25, 0.3) is 0 Å². The molecule has 0 spiro atoms. The van der Waals surface area contributed by atoms with Crippen molar-refractivity contribution in [3.05, 3.63) is 18.5 Å². The fraction of sp³-hybridized carbons (Fsp3) is 0.667. The summed E-state index contributed by atoms with van der Waals surface area (Å²) in [5, 5.41) is 0. The van der Waals surface area contributed by atoms with Gasteiger partial charge in [-0.25, -0.2) is 8.42 Å². The third-order valence-corrected chi connectivity index (χ3v) is 5.74. The van der Waals surface area contributed by atoms with Crippen LogP contribution in [0.5, 0.6) is 0 Å². The third kappa shape index (κ3) is 2.46. The Bertz CT molecular complexity index is 470. The molecule has 2 unspecified atom stereocenters. The fourth-order valence-corrected chi connectivity index (χ4v) is 4.26. The Balaban J connectivity index is 2.22. The number of aromatic nitrogens is 1. The lowest BCUT2D eigenvalue weighted by atomic mass is 9.90. The van der Waals surface area contributed by atoms with E-state index in [1.807, 2.05) is 0 Å². The summed E-state index contributed by atoms with van der Waals surface area (Å²) in [7, 11) is -3.39. The van der Waals surface area contributed by atoms with Crippen molar-refractivity contribution >= 4 is 10.0 Å². The van der Waals surface area contributed by atoms with Gasteiger partial charge in [-0.1, -0.05) is 13.3 Å². The molecule has 5 nitrogen and oxygen atoms in total. The Morgan fingerprint density at radius 3 is 2.89 bits per heavy atom. The van der Waals surface area contributed by atoms with Crippen LogP contribution in [0.2, 0.25) is 0 Å². The Labute approximate surface area is 108 Å². The molecule has 102 valence electrons. The monoisotopic (exact) mass is 271 g/mol. The maximum atomic E-state index is 12.5. The van der Waals surface area contributed by atoms with Crippen molar-refractivity contribution in [1.29, 1.82) is 0 Å². The number of nitrogens with one attached hydrogen (secondary N) is 1. The van der Waals surface area contributed by atoms with E-state index in [0.29, 0.717) is 23.9 Å². The number of nitrogens with zero attached hydrogens (tertiary/aromatic N) is 1. The molecule has 1 aliphatic heterocycles. The lowest BCUT2D eigenvalue weighted by Gasteiger charge is -2.37. The van der Waals surface area contributed by atoms with Gasteiger partial charge in [0.2, 0.25) is 10.0 Å². The largest absolute Gasteiger partial charge is 0.366 e. The molecule has 1 saturated heterocycles. The first-order chi connectivity index (χ1) is 8.59. The lowest BCUT2D eigenvalue weighted by molar-refractivity contribution is 0.197. The predicted molar refractivity (Wildman–Crippen MR) is 70.5 cm³/mol. The van der Waals surface area contributed by atoms with Crippen molar-refractivity contribution < 1.29 is 8.42 Å². The van der Waals surface area contributed by atoms with Crippen LogP contribution in [0.4, 0.5) is 0 Å². The van der Waals surface area contributed by atoms with E-state index in [2.05, 4.69) is 11.9 Å². The molecule has 1 fully saturated rings. The maximum Gasteiger partial charge on any atom is 0.244 e. The normalized spacial score (nSPS) is 26.3. The van der Waals surface area contributed by atoms with Gasteiger partial charge in [-0.2, -0.15) is 4.31 Å². The molecule has 1 aromatic heterocycles. The maximum absolute atomic E-state index is 12.5. The zero-order chi connectivity index (χ0) is 13.2. The number of hydrogen-bond acceptors (Lipinski definition) is 3. The van der Waals surface area contributed by atoms with E-state index in [0.717, 1.165) is 19.3 Å². The Hall–Kier alpha value is -0.850. The van der Waals surface area contributed by atoms with Crippen LogP contribution in [0.1, 0.15) is 26.2 Å². The summed E-state index contributed by atoms with van der Waals surface area (Å²) in [5.41, 5.74) is 5.75. The minimum Gasteiger partial charge on any atom is -0.366 e. The van der Waals surface area contributed by atoms with Gasteiger partial charge in [0.05, 0.1) is 4.90 Å². The highest BCUT2D eigenvalue weighted by molar-refractivity contribution is 7.89. The molecule has 0 bridgehead atoms. The molecule has 6 heteroatoms. The van der Waals surface area contributed by atoms with Crippen LogP contribution in [-0.4, -0.2) is 36.8 Å². The van der Waals surface area contributed by atoms with Crippen LogP contribution in [0, 0.1) is 5.92 Å². The number of hydrogen-bond donors (Lipinski definition) is 2. The summed E-state index contributed by atoms with van der Waals surface area (Å²) in [4.78, 5) is 3.12. The molecule has 2 heterocycles. The van der Waals surface area contributed by atoms with E-state index >= 15 is 0 Å². The smallest absolute Gasteiger partial charge is 0.244 e. The molecule has 2 rings (SSSR count). The molecule has 0 radical (unpaired) electrons. The van der Waals surface area contributed by atoms with Gasteiger partial charge in [-0.05, 0) is 24.8 Å². The molecule has 18 heavy (non-hydrogen) atoms. The van der Waals surface area contributed by atoms with Gasteiger partial charge in [-0.15, -0.1) is 0 Å². The lowest BCUT2D eigenvalue weighted by Crippen LogP contribution is -2.49. The average molecular weight is 271 g/mol. The van der Waals surface area contributed by atoms with Crippen LogP contribution < -0.4 is 5.73 Å². The van der Waals surface area contributed by atoms with Crippen molar-refractivity contribution in [3.8, 4) is 0 Å². The van der Waals surface area contributed by atoms with E-state index in [1.165, 1.54) is 6.20 Å². The Morgan fingerprint density at radius 1 is 1.56 bits per heavy atom. The minimum absolute atomic E-state index is 0.0661. The molecule has 2 atom stereocenters. The van der Waals surface area contributed by atoms with Crippen LogP contribution in [0.25, 0.3) is 0 Å². The zero-order valence-electron chi connectivity index (χ0n) is 10.7. The van der Waals surface area contributed by atoms with Gasteiger partial charge < -0.3 is 10.7 Å². The number of sulfonamides is 1. The van der Waals surface area contributed by atoms with Crippen molar-refractivity contribution in [2.24, 2.45) is 11.7 Å². The Morgan fingerprint density at radius 2 is 2.33 bits per heavy atom. The Kier molecular flexibility index (Phi) is 4.09. The zero-order valence-corrected chi connectivity index (χ0v) is 11.5. The second kappa shape index (κ2) is 5.42. The summed E-state index contributed by atoms with van der Waals surface area (Å²) in [6, 6.07) is 1.53. The van der Waals surface area contributed by atoms with Gasteiger partial charge in [0, 0.05) is 31.5 Å². The molecule has 0 amide bonds. The molecule has 0 aromatic carbocycles. The van der Waals surface area contributed by atoms with Crippen LogP contribution in [0.15, 0.2) is 23.4 Å². The van der Waals surface area contributed by atoms with E-state index in [-0.39, 0.29) is 6.04 Å². The summed E-state index contributed by atoms with van der Waals surface area (Å²) >= 11 is 0. The van der Waals surface area contributed by atoms with Crippen LogP contribution in [0.3, 0.4) is 0 Å². The number of aromatic amines is 1. The molecule has 0 saturated carbocycles. The van der Waals surface area contributed by atoms with Gasteiger partial charge >= 0.3 is 0 Å². The topological polar surface area (TPSA) is 79.2 Å². The van der Waals surface area contributed by atoms with E-state index in [9.17, 15) is 8.42 Å². The van der Waals surface area contributed by atoms with Crippen molar-refractivity contribution in [2.75, 3.05) is 13.1 Å². The number of rotatable bonds is 4. The molecule has 3 N–H and O–H groups in total. The number of H-pyrrole nitrogens is 1. The molecule has 1 aliphatic rings. The highest BCUT2D eigenvalue weighted by Crippen LogP contribution is 2.29. The summed E-state index contributed by atoms with van der Waals surface area (Å²) in [6.07, 6.45) is 6.04. The molecule has 1 aromatic rings. The fourth-order valence-electron chi connectivity index (χ4n) is 2.62. The summed E-state index contributed by atoms with van der Waals surface area (Å²) < 4.78 is 26.5. The highest BCUT2D eigenvalue weighted by Gasteiger charge is 2.35. The van der Waals surface area contributed by atoms with E-state index < -0.39 is 10.0 Å². The number of piperidine rings is 1. The summed E-state index contributed by atoms with van der Waals surface area (Å²) in [5.74, 6) is 0.594. The highest BCUT2D eigenvalue weighted by atomic mass is 32.2. The SMILES string of the molecule is CCC1CCN(S(=O)(=O)c2cc[nH]c2)C(CN)C1. The minimum atomic E-state index is -3.39. The van der Waals surface area contributed by atoms with Gasteiger partial charge in [-0.3, -0.25) is 0 Å². The molecule has 0 aliphatic carbocycles. The van der Waals surface area contributed by atoms with Crippen LogP contribution >= 0.6 is 0 Å². The van der Waals surface area contributed by atoms with Gasteiger partial charge in [0.1, 0.15) is 0 Å². The second-order valence-electron chi connectivity index (χ2n) is 4.85. The van der Waals surface area contributed by atoms with Crippen molar-refractivity contribution in [3.63, 3.8) is 0 Å². The standard InChI is InChI=1S/C12H21N3O2S/c1-2-10-4-6-15(11(7-10)8-13)18(16,17)12-3-5-14-9-12/h3,5,9-11,14H,2,4,6-8,13H2,1H3.